The second kappa shape index (κ2) is 8.80. The molecule has 2 saturated heterocycles. The van der Waals surface area contributed by atoms with Gasteiger partial charge in [0.2, 0.25) is 0 Å². The number of likely N-dealkylation sites (tertiary alicyclic amines) is 1. The van der Waals surface area contributed by atoms with E-state index in [1.165, 1.54) is 24.5 Å². The molecule has 8 nitrogen and oxygen atoms in total. The third-order valence-corrected chi connectivity index (χ3v) is 6.58. The monoisotopic (exact) mass is 481 g/mol. The summed E-state index contributed by atoms with van der Waals surface area (Å²) in [5, 5.41) is 15.1. The number of hydrogen-bond acceptors (Lipinski definition) is 7. The Balaban J connectivity index is 1.49. The van der Waals surface area contributed by atoms with Crippen LogP contribution in [0, 0.1) is 33.2 Å². The topological polar surface area (TPSA) is 93.4 Å². The van der Waals surface area contributed by atoms with Crippen LogP contribution in [0.1, 0.15) is 18.9 Å². The lowest BCUT2D eigenvalue weighted by Gasteiger charge is -2.35. The number of hydrogen-bond donors (Lipinski definition) is 1. The Morgan fingerprint density at radius 2 is 2.18 bits per heavy atom. The van der Waals surface area contributed by atoms with Crippen LogP contribution in [0.15, 0.2) is 36.7 Å². The van der Waals surface area contributed by atoms with Gasteiger partial charge in [0.25, 0.3) is 5.69 Å². The lowest BCUT2D eigenvalue weighted by Crippen LogP contribution is -2.48. The molecule has 5 rings (SSSR count). The molecule has 2 aromatic carbocycles. The predicted octanol–water partition coefficient (Wildman–Crippen LogP) is 4.54. The molecule has 34 heavy (non-hydrogen) atoms. The molecule has 1 aromatic heterocycles. The van der Waals surface area contributed by atoms with Crippen molar-refractivity contribution in [3.63, 3.8) is 0 Å². The first-order chi connectivity index (χ1) is 16.3. The highest BCUT2D eigenvalue weighted by Gasteiger charge is 2.38. The van der Waals surface area contributed by atoms with E-state index in [1.807, 2.05) is 0 Å². The molecule has 0 bridgehead atoms. The van der Waals surface area contributed by atoms with Crippen molar-refractivity contribution < 1.29 is 14.1 Å². The van der Waals surface area contributed by atoms with Crippen LogP contribution in [-0.2, 0) is 4.74 Å². The minimum absolute atomic E-state index is 0.0456. The quantitative estimate of drug-likeness (QED) is 0.332. The first-order valence-corrected chi connectivity index (χ1v) is 11.2. The first kappa shape index (κ1) is 22.5. The lowest BCUT2D eigenvalue weighted by molar-refractivity contribution is -0.385. The molecule has 0 saturated carbocycles. The van der Waals surface area contributed by atoms with Crippen molar-refractivity contribution in [3.8, 4) is 11.8 Å². The Morgan fingerprint density at radius 3 is 2.91 bits per heavy atom. The van der Waals surface area contributed by atoms with E-state index in [0.717, 1.165) is 32.7 Å². The number of nitro groups is 1. The SMILES string of the molecule is CC1(C#Cc2cc3ncnc(Nc4cccc(Cl)c4F)c3cc2[N+](=O)[O-])CCN(C2COC2)C1. The minimum Gasteiger partial charge on any atom is -0.378 e. The van der Waals surface area contributed by atoms with Crippen LogP contribution in [-0.4, -0.2) is 52.1 Å². The molecule has 0 amide bonds. The van der Waals surface area contributed by atoms with Gasteiger partial charge in [-0.15, -0.1) is 0 Å². The summed E-state index contributed by atoms with van der Waals surface area (Å²) in [5.41, 5.74) is 0.424. The molecule has 0 spiro atoms. The fourth-order valence-electron chi connectivity index (χ4n) is 4.23. The number of ether oxygens (including phenoxy) is 1. The summed E-state index contributed by atoms with van der Waals surface area (Å²) in [6, 6.07) is 7.92. The molecule has 2 aliphatic heterocycles. The van der Waals surface area contributed by atoms with Gasteiger partial charge in [0.1, 0.15) is 17.7 Å². The maximum atomic E-state index is 14.4. The number of nitro benzene ring substituents is 1. The van der Waals surface area contributed by atoms with E-state index in [1.54, 1.807) is 12.1 Å². The zero-order valence-corrected chi connectivity index (χ0v) is 19.1. The van der Waals surface area contributed by atoms with Gasteiger partial charge in [-0.1, -0.05) is 29.5 Å². The Labute approximate surface area is 200 Å². The molecule has 3 heterocycles. The van der Waals surface area contributed by atoms with Gasteiger partial charge in [0, 0.05) is 30.0 Å². The van der Waals surface area contributed by atoms with Crippen molar-refractivity contribution >= 4 is 39.7 Å². The molecule has 0 radical (unpaired) electrons. The third kappa shape index (κ3) is 4.28. The zero-order chi connectivity index (χ0) is 23.9. The molecule has 10 heteroatoms. The fourth-order valence-corrected chi connectivity index (χ4v) is 4.41. The second-order valence-corrected chi connectivity index (χ2v) is 9.22. The summed E-state index contributed by atoms with van der Waals surface area (Å²) in [4.78, 5) is 22.2. The van der Waals surface area contributed by atoms with E-state index in [4.69, 9.17) is 16.3 Å². The molecular formula is C24H21ClFN5O3. The van der Waals surface area contributed by atoms with Crippen molar-refractivity contribution in [1.29, 1.82) is 0 Å². The van der Waals surface area contributed by atoms with Crippen molar-refractivity contribution in [3.05, 3.63) is 63.2 Å². The van der Waals surface area contributed by atoms with Crippen LogP contribution in [0.25, 0.3) is 10.9 Å². The van der Waals surface area contributed by atoms with E-state index < -0.39 is 10.7 Å². The van der Waals surface area contributed by atoms with E-state index in [-0.39, 0.29) is 33.2 Å². The molecule has 2 fully saturated rings. The third-order valence-electron chi connectivity index (χ3n) is 6.29. The molecular weight excluding hydrogens is 461 g/mol. The standard InChI is InChI=1S/C24H21ClFN5O3/c1-24(7-8-30(13-24)16-11-34-12-16)6-5-15-9-20-17(10-21(15)31(32)33)23(28-14-27-20)29-19-4-2-3-18(25)22(19)26/h2-4,9-10,14,16H,7-8,11-13H2,1H3,(H,27,28,29). The van der Waals surface area contributed by atoms with Crippen LogP contribution in [0.2, 0.25) is 5.02 Å². The van der Waals surface area contributed by atoms with Crippen molar-refractivity contribution in [2.45, 2.75) is 19.4 Å². The van der Waals surface area contributed by atoms with Gasteiger partial charge in [0.15, 0.2) is 5.82 Å². The summed E-state index contributed by atoms with van der Waals surface area (Å²) in [5.74, 6) is 5.91. The summed E-state index contributed by atoms with van der Waals surface area (Å²) in [6.45, 7) is 5.30. The second-order valence-electron chi connectivity index (χ2n) is 8.81. The van der Waals surface area contributed by atoms with E-state index >= 15 is 0 Å². The van der Waals surface area contributed by atoms with Crippen LogP contribution >= 0.6 is 11.6 Å². The Bertz CT molecular complexity index is 1350. The molecule has 0 aliphatic carbocycles. The van der Waals surface area contributed by atoms with Crippen molar-refractivity contribution in [1.82, 2.24) is 14.9 Å². The molecule has 1 unspecified atom stereocenters. The molecule has 3 aromatic rings. The van der Waals surface area contributed by atoms with Crippen LogP contribution in [0.4, 0.5) is 21.6 Å². The van der Waals surface area contributed by atoms with Crippen LogP contribution in [0.3, 0.4) is 0 Å². The number of benzene rings is 2. The average Bonchev–Trinajstić information content (AvgIpc) is 3.15. The highest BCUT2D eigenvalue weighted by atomic mass is 35.5. The van der Waals surface area contributed by atoms with Crippen molar-refractivity contribution in [2.75, 3.05) is 31.6 Å². The van der Waals surface area contributed by atoms with E-state index in [0.29, 0.717) is 16.9 Å². The number of nitrogens with zero attached hydrogens (tertiary/aromatic N) is 4. The fraction of sp³-hybridized carbons (Fsp3) is 0.333. The highest BCUT2D eigenvalue weighted by molar-refractivity contribution is 6.31. The first-order valence-electron chi connectivity index (χ1n) is 10.8. The molecule has 1 N–H and O–H groups in total. The number of rotatable bonds is 4. The summed E-state index contributed by atoms with van der Waals surface area (Å²) in [6.07, 6.45) is 2.20. The highest BCUT2D eigenvalue weighted by Crippen LogP contribution is 2.34. The average molecular weight is 482 g/mol. The number of nitrogens with one attached hydrogen (secondary N) is 1. The van der Waals surface area contributed by atoms with Crippen molar-refractivity contribution in [2.24, 2.45) is 5.41 Å². The Kier molecular flexibility index (Phi) is 5.81. The Hall–Kier alpha value is -3.32. The summed E-state index contributed by atoms with van der Waals surface area (Å²) >= 11 is 5.86. The summed E-state index contributed by atoms with van der Waals surface area (Å²) in [7, 11) is 0. The lowest BCUT2D eigenvalue weighted by atomic mass is 9.90. The van der Waals surface area contributed by atoms with Gasteiger partial charge in [-0.25, -0.2) is 14.4 Å². The van der Waals surface area contributed by atoms with Gasteiger partial charge in [-0.05, 0) is 31.5 Å². The van der Waals surface area contributed by atoms with Gasteiger partial charge in [-0.3, -0.25) is 15.0 Å². The smallest absolute Gasteiger partial charge is 0.285 e. The van der Waals surface area contributed by atoms with Crippen LogP contribution < -0.4 is 5.32 Å². The van der Waals surface area contributed by atoms with E-state index in [9.17, 15) is 14.5 Å². The van der Waals surface area contributed by atoms with Gasteiger partial charge >= 0.3 is 0 Å². The predicted molar refractivity (Wildman–Crippen MR) is 127 cm³/mol. The largest absolute Gasteiger partial charge is 0.378 e. The number of aromatic nitrogens is 2. The van der Waals surface area contributed by atoms with Gasteiger partial charge in [0.05, 0.1) is 40.4 Å². The van der Waals surface area contributed by atoms with E-state index in [2.05, 4.69) is 38.9 Å². The van der Waals surface area contributed by atoms with Gasteiger partial charge in [-0.2, -0.15) is 0 Å². The zero-order valence-electron chi connectivity index (χ0n) is 18.3. The maximum Gasteiger partial charge on any atom is 0.285 e. The number of anilines is 2. The molecule has 2 aliphatic rings. The summed E-state index contributed by atoms with van der Waals surface area (Å²) < 4.78 is 19.7. The Morgan fingerprint density at radius 1 is 1.35 bits per heavy atom. The number of fused-ring (bicyclic) bond motifs is 1. The maximum absolute atomic E-state index is 14.4. The van der Waals surface area contributed by atoms with Gasteiger partial charge < -0.3 is 10.1 Å². The normalized spacial score (nSPS) is 20.6. The molecule has 174 valence electrons. The minimum atomic E-state index is -0.639. The van der Waals surface area contributed by atoms with Crippen LogP contribution in [0.5, 0.6) is 0 Å². The number of halogens is 2. The molecule has 1 atom stereocenters.